The van der Waals surface area contributed by atoms with Gasteiger partial charge in [-0.2, -0.15) is 0 Å². The minimum Gasteiger partial charge on any atom is -0.388 e. The van der Waals surface area contributed by atoms with Gasteiger partial charge in [-0.1, -0.05) is 50.5 Å². The fourth-order valence-electron chi connectivity index (χ4n) is 2.93. The number of hydrogen-bond donors (Lipinski definition) is 2. The molecule has 0 aliphatic heterocycles. The second-order valence-electron chi connectivity index (χ2n) is 6.31. The van der Waals surface area contributed by atoms with Crippen molar-refractivity contribution >= 4 is 5.91 Å². The van der Waals surface area contributed by atoms with Crippen molar-refractivity contribution in [2.24, 2.45) is 0 Å². The molecule has 0 aromatic heterocycles. The van der Waals surface area contributed by atoms with Crippen molar-refractivity contribution in [2.75, 3.05) is 6.54 Å². The molecule has 21 heavy (non-hydrogen) atoms. The Labute approximate surface area is 127 Å². The fraction of sp³-hybridized carbons (Fsp3) is 0.611. The molecule has 1 fully saturated rings. The van der Waals surface area contributed by atoms with Gasteiger partial charge < -0.3 is 10.4 Å². The normalized spacial score (nSPS) is 16.9. The Morgan fingerprint density at radius 1 is 1.19 bits per heavy atom. The van der Waals surface area contributed by atoms with E-state index in [1.165, 1.54) is 18.4 Å². The second-order valence-corrected chi connectivity index (χ2v) is 6.31. The summed E-state index contributed by atoms with van der Waals surface area (Å²) in [7, 11) is 0. The van der Waals surface area contributed by atoms with E-state index in [-0.39, 0.29) is 5.91 Å². The molecule has 1 amide bonds. The molecule has 0 atom stereocenters. The summed E-state index contributed by atoms with van der Waals surface area (Å²) in [5, 5.41) is 13.1. The van der Waals surface area contributed by atoms with Gasteiger partial charge in [0.25, 0.3) is 0 Å². The molecule has 1 aliphatic rings. The first kappa shape index (κ1) is 16.0. The minimum atomic E-state index is -0.667. The number of carbonyl (C=O) groups is 1. The number of rotatable bonds is 7. The lowest BCUT2D eigenvalue weighted by atomic mass is 10.0. The Balaban J connectivity index is 1.76. The van der Waals surface area contributed by atoms with Crippen LogP contribution in [0.2, 0.25) is 0 Å². The summed E-state index contributed by atoms with van der Waals surface area (Å²) in [5.74, 6) is -0.00312. The van der Waals surface area contributed by atoms with Crippen molar-refractivity contribution in [3.8, 4) is 0 Å². The monoisotopic (exact) mass is 289 g/mol. The standard InChI is InChI=1S/C18H27NO2/c1-2-3-6-15-7-9-16(10-8-15)13-17(20)19-14-18(21)11-4-5-12-18/h7-10,21H,2-6,11-14H2,1H3,(H,19,20). The van der Waals surface area contributed by atoms with Crippen LogP contribution in [0.15, 0.2) is 24.3 Å². The number of aryl methyl sites for hydroxylation is 1. The van der Waals surface area contributed by atoms with Crippen LogP contribution in [-0.2, 0) is 17.6 Å². The van der Waals surface area contributed by atoms with E-state index < -0.39 is 5.60 Å². The van der Waals surface area contributed by atoms with Crippen LogP contribution in [0.3, 0.4) is 0 Å². The molecule has 1 saturated carbocycles. The van der Waals surface area contributed by atoms with Crippen LogP contribution in [-0.4, -0.2) is 23.2 Å². The Kier molecular flexibility index (Phi) is 5.80. The van der Waals surface area contributed by atoms with Gasteiger partial charge in [0.2, 0.25) is 5.91 Å². The molecule has 0 saturated heterocycles. The van der Waals surface area contributed by atoms with Crippen LogP contribution in [0.5, 0.6) is 0 Å². The Morgan fingerprint density at radius 2 is 1.81 bits per heavy atom. The van der Waals surface area contributed by atoms with Crippen molar-refractivity contribution < 1.29 is 9.90 Å². The summed E-state index contributed by atoms with van der Waals surface area (Å²) >= 11 is 0. The van der Waals surface area contributed by atoms with Crippen molar-refractivity contribution in [1.29, 1.82) is 0 Å². The first-order valence-electron chi connectivity index (χ1n) is 8.18. The molecule has 0 spiro atoms. The summed E-state index contributed by atoms with van der Waals surface area (Å²) in [5.41, 5.74) is 1.70. The Bertz CT molecular complexity index is 447. The SMILES string of the molecule is CCCCc1ccc(CC(=O)NCC2(O)CCCC2)cc1. The average Bonchev–Trinajstić information content (AvgIpc) is 2.92. The number of benzene rings is 1. The molecule has 3 nitrogen and oxygen atoms in total. The van der Waals surface area contributed by atoms with E-state index in [1.54, 1.807) is 0 Å². The predicted molar refractivity (Wildman–Crippen MR) is 85.2 cm³/mol. The highest BCUT2D eigenvalue weighted by molar-refractivity contribution is 5.78. The maximum atomic E-state index is 11.9. The highest BCUT2D eigenvalue weighted by atomic mass is 16.3. The van der Waals surface area contributed by atoms with Gasteiger partial charge in [-0.3, -0.25) is 4.79 Å². The number of unbranched alkanes of at least 4 members (excludes halogenated alkanes) is 1. The van der Waals surface area contributed by atoms with Gasteiger partial charge in [-0.05, 0) is 36.8 Å². The molecule has 116 valence electrons. The van der Waals surface area contributed by atoms with E-state index >= 15 is 0 Å². The van der Waals surface area contributed by atoms with Crippen LogP contribution < -0.4 is 5.32 Å². The first-order valence-corrected chi connectivity index (χ1v) is 8.18. The van der Waals surface area contributed by atoms with E-state index in [0.717, 1.165) is 37.7 Å². The molecule has 1 aromatic rings. The molecule has 0 unspecified atom stereocenters. The minimum absolute atomic E-state index is 0.00312. The van der Waals surface area contributed by atoms with Crippen LogP contribution in [0, 0.1) is 0 Å². The van der Waals surface area contributed by atoms with Gasteiger partial charge in [0.15, 0.2) is 0 Å². The number of nitrogens with one attached hydrogen (secondary N) is 1. The van der Waals surface area contributed by atoms with Gasteiger partial charge in [0, 0.05) is 6.54 Å². The lowest BCUT2D eigenvalue weighted by Gasteiger charge is -2.22. The van der Waals surface area contributed by atoms with Gasteiger partial charge in [0.05, 0.1) is 12.0 Å². The smallest absolute Gasteiger partial charge is 0.224 e. The zero-order chi connectivity index (χ0) is 15.1. The zero-order valence-corrected chi connectivity index (χ0v) is 13.0. The van der Waals surface area contributed by atoms with Crippen LogP contribution in [0.1, 0.15) is 56.6 Å². The van der Waals surface area contributed by atoms with Crippen LogP contribution in [0.4, 0.5) is 0 Å². The van der Waals surface area contributed by atoms with E-state index in [4.69, 9.17) is 0 Å². The van der Waals surface area contributed by atoms with Gasteiger partial charge >= 0.3 is 0 Å². The Hall–Kier alpha value is -1.35. The fourth-order valence-corrected chi connectivity index (χ4v) is 2.93. The third-order valence-electron chi connectivity index (χ3n) is 4.36. The van der Waals surface area contributed by atoms with Gasteiger partial charge in [-0.15, -0.1) is 0 Å². The highest BCUT2D eigenvalue weighted by Gasteiger charge is 2.31. The third kappa shape index (κ3) is 5.16. The summed E-state index contributed by atoms with van der Waals surface area (Å²) < 4.78 is 0. The van der Waals surface area contributed by atoms with Crippen molar-refractivity contribution in [1.82, 2.24) is 5.32 Å². The topological polar surface area (TPSA) is 49.3 Å². The molecule has 1 aliphatic carbocycles. The molecule has 0 radical (unpaired) electrons. The number of hydrogen-bond acceptors (Lipinski definition) is 2. The van der Waals surface area contributed by atoms with E-state index in [1.807, 2.05) is 12.1 Å². The largest absolute Gasteiger partial charge is 0.388 e. The Morgan fingerprint density at radius 3 is 2.43 bits per heavy atom. The van der Waals surface area contributed by atoms with E-state index in [9.17, 15) is 9.90 Å². The number of amides is 1. The van der Waals surface area contributed by atoms with Crippen LogP contribution in [0.25, 0.3) is 0 Å². The number of aliphatic hydroxyl groups is 1. The van der Waals surface area contributed by atoms with Crippen LogP contribution >= 0.6 is 0 Å². The summed E-state index contributed by atoms with van der Waals surface area (Å²) in [4.78, 5) is 11.9. The maximum absolute atomic E-state index is 11.9. The predicted octanol–water partition coefficient (Wildman–Crippen LogP) is 2.99. The molecular formula is C18H27NO2. The van der Waals surface area contributed by atoms with E-state index in [0.29, 0.717) is 13.0 Å². The molecule has 2 N–H and O–H groups in total. The summed E-state index contributed by atoms with van der Waals surface area (Å²) in [6.45, 7) is 2.58. The molecule has 0 heterocycles. The molecular weight excluding hydrogens is 262 g/mol. The zero-order valence-electron chi connectivity index (χ0n) is 13.0. The van der Waals surface area contributed by atoms with Crippen molar-refractivity contribution in [3.63, 3.8) is 0 Å². The molecule has 1 aromatic carbocycles. The van der Waals surface area contributed by atoms with E-state index in [2.05, 4.69) is 24.4 Å². The second kappa shape index (κ2) is 7.60. The third-order valence-corrected chi connectivity index (χ3v) is 4.36. The van der Waals surface area contributed by atoms with Gasteiger partial charge in [0.1, 0.15) is 0 Å². The lowest BCUT2D eigenvalue weighted by Crippen LogP contribution is -2.41. The lowest BCUT2D eigenvalue weighted by molar-refractivity contribution is -0.121. The quantitative estimate of drug-likeness (QED) is 0.810. The van der Waals surface area contributed by atoms with Crippen molar-refractivity contribution in [3.05, 3.63) is 35.4 Å². The maximum Gasteiger partial charge on any atom is 0.224 e. The summed E-state index contributed by atoms with van der Waals surface area (Å²) in [6.07, 6.45) is 7.64. The molecule has 0 bridgehead atoms. The highest BCUT2D eigenvalue weighted by Crippen LogP contribution is 2.28. The molecule has 3 heteroatoms. The average molecular weight is 289 g/mol. The van der Waals surface area contributed by atoms with Gasteiger partial charge in [-0.25, -0.2) is 0 Å². The number of carbonyl (C=O) groups excluding carboxylic acids is 1. The molecule has 2 rings (SSSR count). The summed E-state index contributed by atoms with van der Waals surface area (Å²) in [6, 6.07) is 8.30. The first-order chi connectivity index (χ1) is 10.1. The van der Waals surface area contributed by atoms with Crippen molar-refractivity contribution in [2.45, 2.75) is 63.9 Å².